The van der Waals surface area contributed by atoms with Gasteiger partial charge in [0.1, 0.15) is 17.6 Å². The summed E-state index contributed by atoms with van der Waals surface area (Å²) in [6, 6.07) is 10.8. The minimum absolute atomic E-state index is 0.103. The van der Waals surface area contributed by atoms with Crippen LogP contribution in [-0.2, 0) is 17.9 Å². The minimum atomic E-state index is -0.389. The van der Waals surface area contributed by atoms with E-state index in [2.05, 4.69) is 25.1 Å². The van der Waals surface area contributed by atoms with Crippen molar-refractivity contribution in [1.29, 1.82) is 5.26 Å². The number of aryl methyl sites for hydroxylation is 1. The molecule has 0 aliphatic carbocycles. The number of hydrogen-bond donors (Lipinski definition) is 0. The number of benzene rings is 1. The predicted molar refractivity (Wildman–Crippen MR) is 109 cm³/mol. The van der Waals surface area contributed by atoms with E-state index >= 15 is 0 Å². The number of non-ortho nitro benzene ring substituents is 1. The molecule has 148 valence electrons. The van der Waals surface area contributed by atoms with Gasteiger partial charge in [-0.1, -0.05) is 11.8 Å². The molecule has 0 spiro atoms. The zero-order valence-electron chi connectivity index (χ0n) is 16.6. The van der Waals surface area contributed by atoms with Crippen LogP contribution in [0.25, 0.3) is 0 Å². The van der Waals surface area contributed by atoms with Crippen LogP contribution in [0.3, 0.4) is 0 Å². The third-order valence-corrected chi connectivity index (χ3v) is 5.26. The van der Waals surface area contributed by atoms with Gasteiger partial charge in [-0.3, -0.25) is 10.1 Å². The molecule has 0 fully saturated rings. The SMILES string of the molecule is COCc1cc(C)nc(SCC[N+](C)(C)Cc2ccc([N+](=O)[O-])cc2)c1C#N. The van der Waals surface area contributed by atoms with E-state index in [1.165, 1.54) is 12.1 Å². The fourth-order valence-corrected chi connectivity index (χ4v) is 4.20. The minimum Gasteiger partial charge on any atom is -0.380 e. The molecule has 1 aromatic carbocycles. The summed E-state index contributed by atoms with van der Waals surface area (Å²) in [5.41, 5.74) is 3.46. The lowest BCUT2D eigenvalue weighted by Gasteiger charge is -2.29. The number of nitrogens with zero attached hydrogens (tertiary/aromatic N) is 4. The van der Waals surface area contributed by atoms with Crippen molar-refractivity contribution >= 4 is 17.4 Å². The van der Waals surface area contributed by atoms with Crippen LogP contribution >= 0.6 is 11.8 Å². The number of rotatable bonds is 9. The number of aromatic nitrogens is 1. The van der Waals surface area contributed by atoms with Gasteiger partial charge in [-0.15, -0.1) is 0 Å². The van der Waals surface area contributed by atoms with Crippen molar-refractivity contribution < 1.29 is 14.1 Å². The molecule has 2 aromatic rings. The van der Waals surface area contributed by atoms with Gasteiger partial charge in [0.05, 0.1) is 37.7 Å². The van der Waals surface area contributed by atoms with Crippen molar-refractivity contribution in [3.63, 3.8) is 0 Å². The Bertz CT molecular complexity index is 876. The molecule has 8 heteroatoms. The normalized spacial score (nSPS) is 11.2. The second-order valence-electron chi connectivity index (χ2n) is 7.24. The molecule has 0 saturated heterocycles. The van der Waals surface area contributed by atoms with E-state index in [-0.39, 0.29) is 10.6 Å². The smallest absolute Gasteiger partial charge is 0.269 e. The molecule has 0 saturated carbocycles. The molecule has 0 aliphatic heterocycles. The van der Waals surface area contributed by atoms with Gasteiger partial charge in [-0.25, -0.2) is 4.98 Å². The number of thioether (sulfide) groups is 1. The molecule has 0 unspecified atom stereocenters. The Morgan fingerprint density at radius 1 is 1.32 bits per heavy atom. The predicted octanol–water partition coefficient (Wildman–Crippen LogP) is 3.69. The quantitative estimate of drug-likeness (QED) is 0.276. The van der Waals surface area contributed by atoms with Crippen LogP contribution in [0.4, 0.5) is 5.69 Å². The Hall–Kier alpha value is -2.47. The number of nitro groups is 1. The maximum absolute atomic E-state index is 10.8. The van der Waals surface area contributed by atoms with Gasteiger partial charge >= 0.3 is 0 Å². The molecule has 0 radical (unpaired) electrons. The van der Waals surface area contributed by atoms with Crippen molar-refractivity contribution in [1.82, 2.24) is 4.98 Å². The highest BCUT2D eigenvalue weighted by Crippen LogP contribution is 2.25. The number of nitro benzene ring substituents is 1. The zero-order chi connectivity index (χ0) is 20.7. The van der Waals surface area contributed by atoms with Crippen LogP contribution < -0.4 is 0 Å². The molecule has 2 rings (SSSR count). The molecular formula is C20H25N4O3S+. The lowest BCUT2D eigenvalue weighted by Crippen LogP contribution is -2.40. The summed E-state index contributed by atoms with van der Waals surface area (Å²) < 4.78 is 5.92. The van der Waals surface area contributed by atoms with Gasteiger partial charge in [0.2, 0.25) is 0 Å². The van der Waals surface area contributed by atoms with Gasteiger partial charge in [0.25, 0.3) is 5.69 Å². The van der Waals surface area contributed by atoms with Crippen LogP contribution in [0, 0.1) is 28.4 Å². The van der Waals surface area contributed by atoms with Gasteiger partial charge < -0.3 is 9.22 Å². The topological polar surface area (TPSA) is 89.1 Å². The molecular weight excluding hydrogens is 376 g/mol. The first-order chi connectivity index (χ1) is 13.3. The largest absolute Gasteiger partial charge is 0.380 e. The van der Waals surface area contributed by atoms with E-state index < -0.39 is 0 Å². The summed E-state index contributed by atoms with van der Waals surface area (Å²) in [4.78, 5) is 14.9. The molecule has 0 N–H and O–H groups in total. The van der Waals surface area contributed by atoms with Crippen molar-refractivity contribution in [2.45, 2.75) is 25.1 Å². The van der Waals surface area contributed by atoms with Crippen LogP contribution in [0.15, 0.2) is 35.4 Å². The molecule has 0 amide bonds. The average Bonchev–Trinajstić information content (AvgIpc) is 2.61. The highest BCUT2D eigenvalue weighted by atomic mass is 32.2. The molecule has 0 aliphatic rings. The fourth-order valence-electron chi connectivity index (χ4n) is 2.89. The number of hydrogen-bond acceptors (Lipinski definition) is 6. The molecule has 1 heterocycles. The summed E-state index contributed by atoms with van der Waals surface area (Å²) in [6.45, 7) is 3.93. The first-order valence-corrected chi connectivity index (χ1v) is 9.82. The van der Waals surface area contributed by atoms with Crippen molar-refractivity contribution in [2.75, 3.05) is 33.5 Å². The summed E-state index contributed by atoms with van der Waals surface area (Å²) in [5.74, 6) is 0.803. The lowest BCUT2D eigenvalue weighted by molar-refractivity contribution is -0.901. The van der Waals surface area contributed by atoms with E-state index in [0.29, 0.717) is 12.2 Å². The number of ether oxygens (including phenoxy) is 1. The van der Waals surface area contributed by atoms with Gasteiger partial charge in [-0.2, -0.15) is 5.26 Å². The van der Waals surface area contributed by atoms with Crippen molar-refractivity contribution in [3.8, 4) is 6.07 Å². The lowest BCUT2D eigenvalue weighted by atomic mass is 10.1. The molecule has 7 nitrogen and oxygen atoms in total. The Morgan fingerprint density at radius 2 is 2.00 bits per heavy atom. The third-order valence-electron chi connectivity index (χ3n) is 4.30. The number of nitriles is 1. The number of pyridine rings is 1. The van der Waals surface area contributed by atoms with Crippen LogP contribution in [-0.4, -0.2) is 47.9 Å². The van der Waals surface area contributed by atoms with Gasteiger partial charge in [0, 0.05) is 36.3 Å². The van der Waals surface area contributed by atoms with E-state index in [1.807, 2.05) is 13.0 Å². The van der Waals surface area contributed by atoms with Crippen LogP contribution in [0.5, 0.6) is 0 Å². The maximum Gasteiger partial charge on any atom is 0.269 e. The van der Waals surface area contributed by atoms with Crippen molar-refractivity contribution in [2.24, 2.45) is 0 Å². The van der Waals surface area contributed by atoms with Crippen LogP contribution in [0.1, 0.15) is 22.4 Å². The standard InChI is InChI=1S/C20H25N4O3S/c1-15-11-17(14-27-4)19(12-21)20(22-15)28-10-9-24(2,3)13-16-5-7-18(8-6-16)23(25)26/h5-8,11H,9-10,13-14H2,1-4H3/q+1. The summed E-state index contributed by atoms with van der Waals surface area (Å²) >= 11 is 1.58. The highest BCUT2D eigenvalue weighted by molar-refractivity contribution is 7.99. The Morgan fingerprint density at radius 3 is 2.57 bits per heavy atom. The fraction of sp³-hybridized carbons (Fsp3) is 0.400. The highest BCUT2D eigenvalue weighted by Gasteiger charge is 2.18. The summed E-state index contributed by atoms with van der Waals surface area (Å²) in [7, 11) is 5.85. The second-order valence-corrected chi connectivity index (χ2v) is 8.32. The monoisotopic (exact) mass is 401 g/mol. The zero-order valence-corrected chi connectivity index (χ0v) is 17.5. The summed E-state index contributed by atoms with van der Waals surface area (Å²) in [6.07, 6.45) is 0. The Balaban J connectivity index is 2.01. The first-order valence-electron chi connectivity index (χ1n) is 8.83. The molecule has 0 bridgehead atoms. The van der Waals surface area contributed by atoms with Crippen molar-refractivity contribution in [3.05, 3.63) is 62.8 Å². The maximum atomic E-state index is 10.8. The number of quaternary nitrogens is 1. The average molecular weight is 402 g/mol. The third kappa shape index (κ3) is 6.02. The Kier molecular flexibility index (Phi) is 7.52. The molecule has 1 aromatic heterocycles. The van der Waals surface area contributed by atoms with Gasteiger partial charge in [0.15, 0.2) is 0 Å². The molecule has 0 atom stereocenters. The Labute approximate surface area is 169 Å². The number of methoxy groups -OCH3 is 1. The second kappa shape index (κ2) is 9.64. The van der Waals surface area contributed by atoms with Gasteiger partial charge in [-0.05, 0) is 30.7 Å². The van der Waals surface area contributed by atoms with E-state index in [9.17, 15) is 15.4 Å². The van der Waals surface area contributed by atoms with E-state index in [1.54, 1.807) is 31.0 Å². The molecule has 28 heavy (non-hydrogen) atoms. The summed E-state index contributed by atoms with van der Waals surface area (Å²) in [5, 5.41) is 21.0. The van der Waals surface area contributed by atoms with E-state index in [0.717, 1.165) is 45.2 Å². The van der Waals surface area contributed by atoms with Crippen LogP contribution in [0.2, 0.25) is 0 Å². The first kappa shape index (κ1) is 21.8. The van der Waals surface area contributed by atoms with E-state index in [4.69, 9.17) is 4.74 Å².